The molecule has 4 heteroatoms. The van der Waals surface area contributed by atoms with Gasteiger partial charge in [-0.1, -0.05) is 11.6 Å². The summed E-state index contributed by atoms with van der Waals surface area (Å²) in [5, 5.41) is 4.29. The minimum Gasteiger partial charge on any atom is -0.496 e. The summed E-state index contributed by atoms with van der Waals surface area (Å²) in [6.45, 7) is 0.783. The van der Waals surface area contributed by atoms with Crippen LogP contribution in [0, 0.1) is 0 Å². The van der Waals surface area contributed by atoms with Gasteiger partial charge in [-0.05, 0) is 37.5 Å². The molecule has 2 unspecified atom stereocenters. The Morgan fingerprint density at radius 1 is 1.33 bits per heavy atom. The third-order valence-electron chi connectivity index (χ3n) is 3.54. The molecule has 0 bridgehead atoms. The molecule has 1 fully saturated rings. The summed E-state index contributed by atoms with van der Waals surface area (Å²) in [5.74, 6) is 0.883. The highest BCUT2D eigenvalue weighted by molar-refractivity contribution is 6.30. The standard InChI is InChI=1S/C14H20ClNO2/c1-17-13-5-4-12(8-13)16-9-10-7-11(15)3-6-14(10)18-2/h3,6-7,12-13,16H,4-5,8-9H2,1-2H3. The van der Waals surface area contributed by atoms with Crippen LogP contribution in [-0.2, 0) is 11.3 Å². The molecule has 1 aromatic rings. The predicted molar refractivity (Wildman–Crippen MR) is 73.3 cm³/mol. The van der Waals surface area contributed by atoms with Crippen LogP contribution < -0.4 is 10.1 Å². The van der Waals surface area contributed by atoms with Crippen molar-refractivity contribution in [1.29, 1.82) is 0 Å². The summed E-state index contributed by atoms with van der Waals surface area (Å²) in [6.07, 6.45) is 3.80. The van der Waals surface area contributed by atoms with E-state index in [2.05, 4.69) is 5.32 Å². The van der Waals surface area contributed by atoms with Crippen LogP contribution in [0.25, 0.3) is 0 Å². The molecule has 2 atom stereocenters. The van der Waals surface area contributed by atoms with Gasteiger partial charge < -0.3 is 14.8 Å². The minimum absolute atomic E-state index is 0.406. The zero-order valence-electron chi connectivity index (χ0n) is 10.9. The fraction of sp³-hybridized carbons (Fsp3) is 0.571. The van der Waals surface area contributed by atoms with Gasteiger partial charge in [0.05, 0.1) is 13.2 Å². The first kappa shape index (κ1) is 13.7. The highest BCUT2D eigenvalue weighted by Crippen LogP contribution is 2.25. The van der Waals surface area contributed by atoms with Crippen molar-refractivity contribution in [2.24, 2.45) is 0 Å². The molecule has 0 aromatic heterocycles. The van der Waals surface area contributed by atoms with E-state index >= 15 is 0 Å². The maximum atomic E-state index is 6.01. The van der Waals surface area contributed by atoms with E-state index in [1.165, 1.54) is 6.42 Å². The number of ether oxygens (including phenoxy) is 2. The molecule has 18 heavy (non-hydrogen) atoms. The summed E-state index contributed by atoms with van der Waals surface area (Å²) in [6, 6.07) is 6.24. The highest BCUT2D eigenvalue weighted by Gasteiger charge is 2.23. The Balaban J connectivity index is 1.92. The van der Waals surface area contributed by atoms with Gasteiger partial charge in [-0.15, -0.1) is 0 Å². The van der Waals surface area contributed by atoms with Crippen LogP contribution in [0.15, 0.2) is 18.2 Å². The maximum absolute atomic E-state index is 6.01. The average Bonchev–Trinajstić information content (AvgIpc) is 2.84. The zero-order chi connectivity index (χ0) is 13.0. The molecule has 0 saturated heterocycles. The molecule has 0 aliphatic heterocycles. The summed E-state index contributed by atoms with van der Waals surface area (Å²) in [7, 11) is 3.47. The SMILES string of the molecule is COc1ccc(Cl)cc1CNC1CCC(OC)C1. The van der Waals surface area contributed by atoms with Crippen LogP contribution in [0.1, 0.15) is 24.8 Å². The number of hydrogen-bond donors (Lipinski definition) is 1. The van der Waals surface area contributed by atoms with Gasteiger partial charge in [0.1, 0.15) is 5.75 Å². The Bertz CT molecular complexity index is 397. The van der Waals surface area contributed by atoms with Gasteiger partial charge in [0.2, 0.25) is 0 Å². The van der Waals surface area contributed by atoms with Gasteiger partial charge >= 0.3 is 0 Å². The molecule has 3 nitrogen and oxygen atoms in total. The third kappa shape index (κ3) is 3.37. The molecule has 1 aromatic carbocycles. The molecule has 1 aliphatic carbocycles. The molecule has 100 valence electrons. The average molecular weight is 270 g/mol. The molecule has 1 aliphatic rings. The summed E-state index contributed by atoms with van der Waals surface area (Å²) in [4.78, 5) is 0. The lowest BCUT2D eigenvalue weighted by molar-refractivity contribution is 0.107. The lowest BCUT2D eigenvalue weighted by Crippen LogP contribution is -2.26. The summed E-state index contributed by atoms with van der Waals surface area (Å²) < 4.78 is 10.7. The lowest BCUT2D eigenvalue weighted by atomic mass is 10.1. The molecule has 1 N–H and O–H groups in total. The van der Waals surface area contributed by atoms with Crippen molar-refractivity contribution in [1.82, 2.24) is 5.32 Å². The van der Waals surface area contributed by atoms with Crippen LogP contribution in [0.2, 0.25) is 5.02 Å². The van der Waals surface area contributed by atoms with Gasteiger partial charge in [0.25, 0.3) is 0 Å². The van der Waals surface area contributed by atoms with Gasteiger partial charge in [0.15, 0.2) is 0 Å². The van der Waals surface area contributed by atoms with Crippen molar-refractivity contribution in [2.45, 2.75) is 38.0 Å². The van der Waals surface area contributed by atoms with Crippen molar-refractivity contribution in [3.8, 4) is 5.75 Å². The van der Waals surface area contributed by atoms with Crippen LogP contribution in [0.5, 0.6) is 5.75 Å². The van der Waals surface area contributed by atoms with Crippen molar-refractivity contribution in [3.05, 3.63) is 28.8 Å². The minimum atomic E-state index is 0.406. The first-order chi connectivity index (χ1) is 8.72. The predicted octanol–water partition coefficient (Wildman–Crippen LogP) is 3.01. The van der Waals surface area contributed by atoms with Crippen molar-refractivity contribution >= 4 is 11.6 Å². The summed E-state index contributed by atoms with van der Waals surface area (Å²) in [5.41, 5.74) is 1.10. The highest BCUT2D eigenvalue weighted by atomic mass is 35.5. The fourth-order valence-corrected chi connectivity index (χ4v) is 2.67. The summed E-state index contributed by atoms with van der Waals surface area (Å²) >= 11 is 6.01. The Labute approximate surface area is 113 Å². The molecule has 0 radical (unpaired) electrons. The Morgan fingerprint density at radius 3 is 2.83 bits per heavy atom. The van der Waals surface area contributed by atoms with E-state index in [1.54, 1.807) is 14.2 Å². The van der Waals surface area contributed by atoms with Gasteiger partial charge in [-0.25, -0.2) is 0 Å². The number of hydrogen-bond acceptors (Lipinski definition) is 3. The van der Waals surface area contributed by atoms with E-state index in [1.807, 2.05) is 18.2 Å². The zero-order valence-corrected chi connectivity index (χ0v) is 11.7. The molecule has 0 spiro atoms. The van der Waals surface area contributed by atoms with Gasteiger partial charge in [-0.2, -0.15) is 0 Å². The van der Waals surface area contributed by atoms with E-state index in [9.17, 15) is 0 Å². The molecule has 2 rings (SSSR count). The monoisotopic (exact) mass is 269 g/mol. The number of rotatable bonds is 5. The second kappa shape index (κ2) is 6.41. The van der Waals surface area contributed by atoms with Crippen LogP contribution in [0.4, 0.5) is 0 Å². The van der Waals surface area contributed by atoms with Gasteiger partial charge in [0, 0.05) is 30.3 Å². The number of benzene rings is 1. The van der Waals surface area contributed by atoms with E-state index in [-0.39, 0.29) is 0 Å². The van der Waals surface area contributed by atoms with Crippen molar-refractivity contribution < 1.29 is 9.47 Å². The van der Waals surface area contributed by atoms with Gasteiger partial charge in [-0.3, -0.25) is 0 Å². The number of methoxy groups -OCH3 is 2. The second-order valence-electron chi connectivity index (χ2n) is 4.70. The van der Waals surface area contributed by atoms with Crippen LogP contribution >= 0.6 is 11.6 Å². The van der Waals surface area contributed by atoms with Crippen molar-refractivity contribution in [3.63, 3.8) is 0 Å². The smallest absolute Gasteiger partial charge is 0.123 e. The van der Waals surface area contributed by atoms with Crippen LogP contribution in [-0.4, -0.2) is 26.4 Å². The van der Waals surface area contributed by atoms with E-state index in [4.69, 9.17) is 21.1 Å². The van der Waals surface area contributed by atoms with Crippen molar-refractivity contribution in [2.75, 3.05) is 14.2 Å². The van der Waals surface area contributed by atoms with E-state index < -0.39 is 0 Å². The molecule has 0 heterocycles. The molecule has 1 saturated carbocycles. The third-order valence-corrected chi connectivity index (χ3v) is 3.78. The van der Waals surface area contributed by atoms with E-state index in [0.717, 1.165) is 35.7 Å². The van der Waals surface area contributed by atoms with E-state index in [0.29, 0.717) is 12.1 Å². The fourth-order valence-electron chi connectivity index (χ4n) is 2.48. The normalized spacial score (nSPS) is 23.3. The topological polar surface area (TPSA) is 30.5 Å². The Kier molecular flexibility index (Phi) is 4.87. The molecule has 0 amide bonds. The first-order valence-corrected chi connectivity index (χ1v) is 6.69. The quantitative estimate of drug-likeness (QED) is 0.891. The Hall–Kier alpha value is -0.770. The molecular weight excluding hydrogens is 250 g/mol. The second-order valence-corrected chi connectivity index (χ2v) is 5.14. The first-order valence-electron chi connectivity index (χ1n) is 6.31. The Morgan fingerprint density at radius 2 is 2.17 bits per heavy atom. The largest absolute Gasteiger partial charge is 0.496 e. The molecular formula is C14H20ClNO2. The maximum Gasteiger partial charge on any atom is 0.123 e. The number of halogens is 1. The van der Waals surface area contributed by atoms with Crippen LogP contribution in [0.3, 0.4) is 0 Å². The lowest BCUT2D eigenvalue weighted by Gasteiger charge is -2.15. The number of nitrogens with one attached hydrogen (secondary N) is 1.